The van der Waals surface area contributed by atoms with Gasteiger partial charge in [-0.05, 0) is 27.9 Å². The topological polar surface area (TPSA) is 71.5 Å². The van der Waals surface area contributed by atoms with E-state index >= 15 is 0 Å². The highest BCUT2D eigenvalue weighted by atomic mass is 32.2. The quantitative estimate of drug-likeness (QED) is 0.312. The molecule has 0 amide bonds. The summed E-state index contributed by atoms with van der Waals surface area (Å²) in [6, 6.07) is 29.4. The minimum absolute atomic E-state index is 0.0684. The Morgan fingerprint density at radius 3 is 2.05 bits per heavy atom. The van der Waals surface area contributed by atoms with Gasteiger partial charge >= 0.3 is 0 Å². The van der Waals surface area contributed by atoms with E-state index in [9.17, 15) is 8.42 Å². The third-order valence-electron chi connectivity index (χ3n) is 6.92. The van der Waals surface area contributed by atoms with Crippen molar-refractivity contribution in [1.29, 1.82) is 0 Å². The number of aromatic nitrogens is 1. The number of anilines is 1. The maximum Gasteiger partial charge on any atom is 0.242 e. The molecule has 2 heterocycles. The van der Waals surface area contributed by atoms with E-state index in [0.29, 0.717) is 11.6 Å². The average molecular weight is 564 g/mol. The van der Waals surface area contributed by atoms with Gasteiger partial charge in [-0.25, -0.2) is 18.1 Å². The van der Waals surface area contributed by atoms with Crippen LogP contribution in [-0.4, -0.2) is 35.2 Å². The van der Waals surface area contributed by atoms with Crippen LogP contribution in [0.15, 0.2) is 101 Å². The summed E-state index contributed by atoms with van der Waals surface area (Å²) in [5, 5.41) is 5.27. The van der Waals surface area contributed by atoms with E-state index in [4.69, 9.17) is 9.41 Å². The van der Waals surface area contributed by atoms with Crippen LogP contribution in [0.3, 0.4) is 0 Å². The molecule has 9 heteroatoms. The van der Waals surface area contributed by atoms with Crippen LogP contribution >= 0.6 is 11.3 Å². The Labute approximate surface area is 231 Å². The molecule has 2 unspecified atom stereocenters. The van der Waals surface area contributed by atoms with E-state index in [1.54, 1.807) is 30.3 Å². The Balaban J connectivity index is 1.36. The first kappa shape index (κ1) is 26.8. The maximum absolute atomic E-state index is 12.6. The molecule has 1 fully saturated rings. The number of thiazole rings is 1. The lowest BCUT2D eigenvalue weighted by atomic mass is 9.74. The summed E-state index contributed by atoms with van der Waals surface area (Å²) in [5.74, 6) is 0.342. The zero-order chi connectivity index (χ0) is 26.8. The van der Waals surface area contributed by atoms with Crippen molar-refractivity contribution in [2.45, 2.75) is 38.4 Å². The Bertz CT molecular complexity index is 1400. The SMILES string of the molecule is CC(C)(C)C1CN(c2nc(CNS(=O)(=O)c3ccccc3)cs2)C1O[SiH](c1ccccc1)c1ccccc1. The van der Waals surface area contributed by atoms with Gasteiger partial charge in [0.05, 0.1) is 17.1 Å². The van der Waals surface area contributed by atoms with Crippen molar-refractivity contribution < 1.29 is 12.8 Å². The summed E-state index contributed by atoms with van der Waals surface area (Å²) in [6.45, 7) is 7.78. The summed E-state index contributed by atoms with van der Waals surface area (Å²) in [7, 11) is -5.56. The lowest BCUT2D eigenvalue weighted by Gasteiger charge is -2.54. The number of nitrogens with one attached hydrogen (secondary N) is 1. The molecule has 198 valence electrons. The van der Waals surface area contributed by atoms with Gasteiger partial charge < -0.3 is 9.33 Å². The van der Waals surface area contributed by atoms with E-state index < -0.39 is 19.1 Å². The Kier molecular flexibility index (Phi) is 7.83. The van der Waals surface area contributed by atoms with Crippen LogP contribution in [0.25, 0.3) is 0 Å². The molecule has 0 radical (unpaired) electrons. The van der Waals surface area contributed by atoms with Gasteiger partial charge in [-0.2, -0.15) is 0 Å². The molecule has 1 N–H and O–H groups in total. The smallest absolute Gasteiger partial charge is 0.242 e. The fraction of sp³-hybridized carbons (Fsp3) is 0.276. The lowest BCUT2D eigenvalue weighted by molar-refractivity contribution is 0.00495. The minimum atomic E-state index is -3.60. The highest BCUT2D eigenvalue weighted by molar-refractivity contribution is 7.89. The molecule has 1 saturated heterocycles. The van der Waals surface area contributed by atoms with Gasteiger partial charge in [-0.3, -0.25) is 0 Å². The first-order valence-electron chi connectivity index (χ1n) is 12.7. The van der Waals surface area contributed by atoms with E-state index in [2.05, 4.69) is 78.9 Å². The van der Waals surface area contributed by atoms with Crippen molar-refractivity contribution >= 4 is 45.9 Å². The molecule has 0 spiro atoms. The van der Waals surface area contributed by atoms with Crippen LogP contribution in [0.5, 0.6) is 0 Å². The van der Waals surface area contributed by atoms with Gasteiger partial charge in [-0.1, -0.05) is 99.6 Å². The molecule has 5 rings (SSSR count). The van der Waals surface area contributed by atoms with Crippen molar-refractivity contribution in [3.8, 4) is 0 Å². The molecule has 0 bridgehead atoms. The van der Waals surface area contributed by atoms with E-state index in [-0.39, 0.29) is 23.1 Å². The molecule has 0 aliphatic carbocycles. The highest BCUT2D eigenvalue weighted by Gasteiger charge is 2.48. The number of benzene rings is 3. The fourth-order valence-electron chi connectivity index (χ4n) is 4.65. The van der Waals surface area contributed by atoms with Crippen molar-refractivity contribution in [2.75, 3.05) is 11.4 Å². The summed E-state index contributed by atoms with van der Waals surface area (Å²) in [4.78, 5) is 7.29. The molecule has 1 aromatic heterocycles. The minimum Gasteiger partial charge on any atom is -0.391 e. The molecule has 6 nitrogen and oxygen atoms in total. The second kappa shape index (κ2) is 11.1. The zero-order valence-corrected chi connectivity index (χ0v) is 24.6. The predicted molar refractivity (Wildman–Crippen MR) is 157 cm³/mol. The van der Waals surface area contributed by atoms with Crippen molar-refractivity contribution in [3.05, 3.63) is 102 Å². The maximum atomic E-state index is 12.6. The fourth-order valence-corrected chi connectivity index (χ4v) is 8.99. The van der Waals surface area contributed by atoms with Crippen molar-refractivity contribution in [1.82, 2.24) is 9.71 Å². The standard InChI is InChI=1S/C29H33N3O3S2Si/c1-29(2,3)26-20-32(27(26)35-38(24-15-9-5-10-16-24)25-17-11-6-12-18-25)28-31-22(21-36-28)19-30-37(33,34)23-13-7-4-8-14-23/h4-18,21,26-27,30,38H,19-20H2,1-3H3. The van der Waals surface area contributed by atoms with Gasteiger partial charge in [0, 0.05) is 17.8 Å². The summed E-state index contributed by atoms with van der Waals surface area (Å²) in [6.07, 6.45) is -0.105. The summed E-state index contributed by atoms with van der Waals surface area (Å²) in [5.41, 5.74) is 0.765. The molecule has 3 aromatic carbocycles. The molecule has 2 atom stereocenters. The molecule has 1 aliphatic rings. The lowest BCUT2D eigenvalue weighted by Crippen LogP contribution is -2.65. The first-order chi connectivity index (χ1) is 18.2. The zero-order valence-electron chi connectivity index (χ0n) is 21.8. The average Bonchev–Trinajstić information content (AvgIpc) is 3.36. The molecule has 4 aromatic rings. The second-order valence-electron chi connectivity index (χ2n) is 10.6. The largest absolute Gasteiger partial charge is 0.391 e. The van der Waals surface area contributed by atoms with E-state index in [0.717, 1.165) is 11.7 Å². The van der Waals surface area contributed by atoms with Gasteiger partial charge in [-0.15, -0.1) is 11.3 Å². The highest BCUT2D eigenvalue weighted by Crippen LogP contribution is 2.43. The Hall–Kier alpha value is -2.82. The van der Waals surface area contributed by atoms with Crippen LogP contribution in [0, 0.1) is 11.3 Å². The van der Waals surface area contributed by atoms with Crippen molar-refractivity contribution in [3.63, 3.8) is 0 Å². The summed E-state index contributed by atoms with van der Waals surface area (Å²) < 4.78 is 35.0. The third kappa shape index (κ3) is 5.92. The summed E-state index contributed by atoms with van der Waals surface area (Å²) >= 11 is 1.53. The number of hydrogen-bond donors (Lipinski definition) is 1. The molecule has 38 heavy (non-hydrogen) atoms. The number of hydrogen-bond acceptors (Lipinski definition) is 6. The number of nitrogens with zero attached hydrogens (tertiary/aromatic N) is 2. The normalized spacial score (nSPS) is 17.9. The number of sulfonamides is 1. The van der Waals surface area contributed by atoms with E-state index in [1.165, 1.54) is 21.7 Å². The molecular weight excluding hydrogens is 531 g/mol. The van der Waals surface area contributed by atoms with Gasteiger partial charge in [0.1, 0.15) is 6.23 Å². The second-order valence-corrected chi connectivity index (χ2v) is 15.6. The van der Waals surface area contributed by atoms with Gasteiger partial charge in [0.2, 0.25) is 19.1 Å². The predicted octanol–water partition coefficient (Wildman–Crippen LogP) is 3.98. The Morgan fingerprint density at radius 2 is 1.50 bits per heavy atom. The van der Waals surface area contributed by atoms with Gasteiger partial charge in [0.25, 0.3) is 0 Å². The van der Waals surface area contributed by atoms with Crippen molar-refractivity contribution in [2.24, 2.45) is 11.3 Å². The molecule has 0 saturated carbocycles. The first-order valence-corrected chi connectivity index (χ1v) is 16.7. The van der Waals surface area contributed by atoms with Crippen LogP contribution < -0.4 is 20.0 Å². The molecular formula is C29H33N3O3S2Si. The van der Waals surface area contributed by atoms with Crippen LogP contribution in [0.4, 0.5) is 5.13 Å². The van der Waals surface area contributed by atoms with Crippen LogP contribution in [-0.2, 0) is 21.0 Å². The van der Waals surface area contributed by atoms with Crippen LogP contribution in [0.1, 0.15) is 26.5 Å². The number of rotatable bonds is 9. The monoisotopic (exact) mass is 563 g/mol. The van der Waals surface area contributed by atoms with E-state index in [1.807, 2.05) is 17.5 Å². The Morgan fingerprint density at radius 1 is 0.947 bits per heavy atom. The van der Waals surface area contributed by atoms with Crippen LogP contribution in [0.2, 0.25) is 0 Å². The molecule has 1 aliphatic heterocycles. The van der Waals surface area contributed by atoms with Gasteiger partial charge in [0.15, 0.2) is 5.13 Å². The third-order valence-corrected chi connectivity index (χ3v) is 11.8.